The van der Waals surface area contributed by atoms with E-state index in [1.807, 2.05) is 18.2 Å². The van der Waals surface area contributed by atoms with Gasteiger partial charge in [-0.3, -0.25) is 9.59 Å². The molecule has 0 radical (unpaired) electrons. The molecule has 0 saturated carbocycles. The number of benzene rings is 2. The van der Waals surface area contributed by atoms with Crippen molar-refractivity contribution < 1.29 is 13.9 Å². The molecule has 1 atom stereocenters. The molecule has 5 heteroatoms. The second-order valence-electron chi connectivity index (χ2n) is 9.12. The zero-order valence-electron chi connectivity index (χ0n) is 17.5. The molecule has 4 nitrogen and oxygen atoms in total. The predicted molar refractivity (Wildman–Crippen MR) is 122 cm³/mol. The van der Waals surface area contributed by atoms with Crippen LogP contribution in [-0.2, 0) is 4.74 Å². The summed E-state index contributed by atoms with van der Waals surface area (Å²) < 4.78 is 11.5. The summed E-state index contributed by atoms with van der Waals surface area (Å²) >= 11 is 0. The summed E-state index contributed by atoms with van der Waals surface area (Å²) in [6.07, 6.45) is 2.28. The smallest absolute Gasteiger partial charge is 0.200 e. The van der Waals surface area contributed by atoms with Gasteiger partial charge < -0.3 is 9.15 Å². The highest BCUT2D eigenvalue weighted by atomic mass is 32.3. The number of ketones is 1. The third-order valence-electron chi connectivity index (χ3n) is 5.84. The summed E-state index contributed by atoms with van der Waals surface area (Å²) in [7, 11) is -1.16. The summed E-state index contributed by atoms with van der Waals surface area (Å²) in [6.45, 7) is 7.88. The Kier molecular flexibility index (Phi) is 5.07. The van der Waals surface area contributed by atoms with Crippen LogP contribution in [0.2, 0.25) is 0 Å². The molecule has 0 amide bonds. The first-order valence-electron chi connectivity index (χ1n) is 10.0. The van der Waals surface area contributed by atoms with Crippen molar-refractivity contribution in [2.75, 3.05) is 31.0 Å². The Morgan fingerprint density at radius 3 is 2.34 bits per heavy atom. The highest BCUT2D eigenvalue weighted by Gasteiger charge is 2.43. The Morgan fingerprint density at radius 2 is 1.66 bits per heavy atom. The quantitative estimate of drug-likeness (QED) is 0.448. The molecule has 1 aliphatic heterocycles. The lowest BCUT2D eigenvalue weighted by molar-refractivity contribution is 0.0945. The van der Waals surface area contributed by atoms with E-state index in [2.05, 4.69) is 27.0 Å². The molecule has 1 saturated heterocycles. The molecule has 2 aromatic carbocycles. The van der Waals surface area contributed by atoms with Crippen LogP contribution < -0.4 is 5.43 Å². The Bertz CT molecular complexity index is 1130. The third kappa shape index (κ3) is 3.62. The van der Waals surface area contributed by atoms with Gasteiger partial charge in [-0.2, -0.15) is 0 Å². The van der Waals surface area contributed by atoms with E-state index in [4.69, 9.17) is 9.15 Å². The molecule has 1 unspecified atom stereocenters. The van der Waals surface area contributed by atoms with Gasteiger partial charge in [-0.05, 0) is 42.0 Å². The molecular weight excluding hydrogens is 384 g/mol. The van der Waals surface area contributed by atoms with Crippen molar-refractivity contribution in [2.45, 2.75) is 26.0 Å². The van der Waals surface area contributed by atoms with Gasteiger partial charge in [0.15, 0.2) is 5.78 Å². The minimum absolute atomic E-state index is 0.0798. The summed E-state index contributed by atoms with van der Waals surface area (Å²) in [5, 5.41) is 0.928. The molecule has 0 bridgehead atoms. The molecule has 1 aliphatic rings. The van der Waals surface area contributed by atoms with Gasteiger partial charge in [0, 0.05) is 17.1 Å². The molecule has 29 heavy (non-hydrogen) atoms. The minimum atomic E-state index is -1.16. The van der Waals surface area contributed by atoms with Gasteiger partial charge in [0.25, 0.3) is 0 Å². The molecule has 0 N–H and O–H groups in total. The highest BCUT2D eigenvalue weighted by molar-refractivity contribution is 8.34. The van der Waals surface area contributed by atoms with Crippen molar-refractivity contribution in [2.24, 2.45) is 5.41 Å². The van der Waals surface area contributed by atoms with Crippen LogP contribution in [0.1, 0.15) is 31.1 Å². The molecule has 4 rings (SSSR count). The maximum atomic E-state index is 13.8. The van der Waals surface area contributed by atoms with Crippen molar-refractivity contribution in [3.8, 4) is 0 Å². The van der Waals surface area contributed by atoms with E-state index >= 15 is 0 Å². The number of fused-ring (bicyclic) bond motifs is 2. The van der Waals surface area contributed by atoms with Crippen molar-refractivity contribution in [3.05, 3.63) is 58.3 Å². The van der Waals surface area contributed by atoms with Gasteiger partial charge >= 0.3 is 0 Å². The second kappa shape index (κ2) is 7.29. The standard InChI is InChI=1S/C24H28O4S/c1-24(2,3)23(29(4)13-11-27-12-14-29)21(25)16-9-10-20-18(15-16)22(26)17-7-5-6-8-19(17)28-20/h5-10,15,23H,11-14H2,1-4H3. The topological polar surface area (TPSA) is 56.5 Å². The number of Topliss-reactive ketones (excluding diaryl/α,β-unsaturated/α-hetero) is 1. The fourth-order valence-electron chi connectivity index (χ4n) is 4.55. The third-order valence-corrected chi connectivity index (χ3v) is 10.1. The van der Waals surface area contributed by atoms with Crippen LogP contribution in [0.25, 0.3) is 21.9 Å². The van der Waals surface area contributed by atoms with E-state index in [9.17, 15) is 9.59 Å². The number of ether oxygens (including phenoxy) is 1. The summed E-state index contributed by atoms with van der Waals surface area (Å²) in [5.41, 5.74) is 1.42. The van der Waals surface area contributed by atoms with Gasteiger partial charge in [0.05, 0.1) is 29.2 Å². The first-order valence-corrected chi connectivity index (χ1v) is 12.5. The van der Waals surface area contributed by atoms with Crippen molar-refractivity contribution in [1.29, 1.82) is 0 Å². The van der Waals surface area contributed by atoms with Gasteiger partial charge in [-0.1, -0.05) is 32.9 Å². The Morgan fingerprint density at radius 1 is 1.00 bits per heavy atom. The fraction of sp³-hybridized carbons (Fsp3) is 0.417. The van der Waals surface area contributed by atoms with E-state index in [-0.39, 0.29) is 21.9 Å². The van der Waals surface area contributed by atoms with E-state index in [0.29, 0.717) is 27.5 Å². The zero-order valence-corrected chi connectivity index (χ0v) is 18.3. The van der Waals surface area contributed by atoms with Crippen molar-refractivity contribution >= 4 is 37.7 Å². The van der Waals surface area contributed by atoms with E-state index in [0.717, 1.165) is 24.7 Å². The predicted octanol–water partition coefficient (Wildman–Crippen LogP) is 5.01. The number of hydrogen-bond donors (Lipinski definition) is 0. The molecule has 154 valence electrons. The lowest BCUT2D eigenvalue weighted by Crippen LogP contribution is -2.44. The molecule has 1 aromatic heterocycles. The molecular formula is C24H28O4S. The SMILES string of the molecule is CC(C)(C)C(C(=O)c1ccc2oc3ccccc3c(=O)c2c1)S1(C)CCOCC1. The minimum Gasteiger partial charge on any atom is -0.456 e. The maximum Gasteiger partial charge on any atom is 0.200 e. The van der Waals surface area contributed by atoms with Gasteiger partial charge in [0.2, 0.25) is 5.43 Å². The fourth-order valence-corrected chi connectivity index (χ4v) is 8.58. The second-order valence-corrected chi connectivity index (χ2v) is 13.1. The van der Waals surface area contributed by atoms with Crippen molar-refractivity contribution in [3.63, 3.8) is 0 Å². The average molecular weight is 413 g/mol. The first-order chi connectivity index (χ1) is 13.7. The van der Waals surface area contributed by atoms with Gasteiger partial charge in [-0.25, -0.2) is 10.0 Å². The van der Waals surface area contributed by atoms with Crippen LogP contribution in [0.15, 0.2) is 51.7 Å². The lowest BCUT2D eigenvalue weighted by Gasteiger charge is -2.50. The first kappa shape index (κ1) is 20.2. The van der Waals surface area contributed by atoms with E-state index in [1.165, 1.54) is 0 Å². The maximum absolute atomic E-state index is 13.8. The average Bonchev–Trinajstić information content (AvgIpc) is 2.67. The van der Waals surface area contributed by atoms with Crippen LogP contribution in [0.4, 0.5) is 0 Å². The van der Waals surface area contributed by atoms with Crippen LogP contribution in [-0.4, -0.2) is 42.0 Å². The molecule has 0 spiro atoms. The van der Waals surface area contributed by atoms with Crippen molar-refractivity contribution in [1.82, 2.24) is 0 Å². The summed E-state index contributed by atoms with van der Waals surface area (Å²) in [6, 6.07) is 12.5. The van der Waals surface area contributed by atoms with E-state index in [1.54, 1.807) is 24.3 Å². The number of rotatable bonds is 3. The largest absolute Gasteiger partial charge is 0.456 e. The molecule has 3 aromatic rings. The summed E-state index contributed by atoms with van der Waals surface area (Å²) in [5.74, 6) is 2.02. The Balaban J connectivity index is 1.83. The van der Waals surface area contributed by atoms with Crippen LogP contribution >= 0.6 is 10.0 Å². The van der Waals surface area contributed by atoms with Gasteiger partial charge in [-0.15, -0.1) is 0 Å². The lowest BCUT2D eigenvalue weighted by atomic mass is 9.87. The monoisotopic (exact) mass is 412 g/mol. The van der Waals surface area contributed by atoms with Crippen LogP contribution in [0, 0.1) is 5.41 Å². The molecule has 0 aliphatic carbocycles. The van der Waals surface area contributed by atoms with Gasteiger partial charge in [0.1, 0.15) is 11.2 Å². The number of carbonyl (C=O) groups excluding carboxylic acids is 1. The summed E-state index contributed by atoms with van der Waals surface area (Å²) in [4.78, 5) is 26.8. The number of para-hydroxylation sites is 1. The van der Waals surface area contributed by atoms with E-state index < -0.39 is 10.0 Å². The Labute approximate surface area is 172 Å². The highest BCUT2D eigenvalue weighted by Crippen LogP contribution is 2.57. The molecule has 2 heterocycles. The number of carbonyl (C=O) groups is 1. The Hall–Kier alpha value is -2.11. The number of hydrogen-bond acceptors (Lipinski definition) is 4. The van der Waals surface area contributed by atoms with Crippen LogP contribution in [0.5, 0.6) is 0 Å². The zero-order chi connectivity index (χ0) is 20.8. The molecule has 1 fully saturated rings. The normalized spacial score (nSPS) is 19.2. The van der Waals surface area contributed by atoms with Crippen LogP contribution in [0.3, 0.4) is 0 Å².